The van der Waals surface area contributed by atoms with Crippen molar-refractivity contribution in [1.82, 2.24) is 19.8 Å². The molecule has 62 valence electrons. The smallest absolute Gasteiger partial charge is 0.202 e. The molecule has 0 radical (unpaired) electrons. The van der Waals surface area contributed by atoms with Gasteiger partial charge in [-0.3, -0.25) is 0 Å². The molecule has 0 aliphatic carbocycles. The number of aromatic nitrogens is 4. The molecule has 2 rings (SSSR count). The molecule has 0 amide bonds. The van der Waals surface area contributed by atoms with E-state index in [1.165, 1.54) is 10.8 Å². The number of fused-ring (bicyclic) bond motifs is 1. The molecule has 2 aromatic heterocycles. The maximum atomic E-state index is 5.66. The quantitative estimate of drug-likeness (QED) is 0.598. The molecule has 0 spiro atoms. The fraction of sp³-hybridized carbons (Fsp3) is 0. The lowest BCUT2D eigenvalue weighted by molar-refractivity contribution is 0.930. The Morgan fingerprint density at radius 2 is 2.08 bits per heavy atom. The van der Waals surface area contributed by atoms with Gasteiger partial charge in [0.25, 0.3) is 0 Å². The van der Waals surface area contributed by atoms with Gasteiger partial charge >= 0.3 is 0 Å². The van der Waals surface area contributed by atoms with E-state index < -0.39 is 0 Å². The van der Waals surface area contributed by atoms with Gasteiger partial charge < -0.3 is 11.5 Å². The monoisotopic (exact) mass is 184 g/mol. The van der Waals surface area contributed by atoms with Gasteiger partial charge in [-0.15, -0.1) is 10.2 Å². The van der Waals surface area contributed by atoms with Gasteiger partial charge in [-0.05, 0) is 0 Å². The summed E-state index contributed by atoms with van der Waals surface area (Å²) in [7, 11) is 0. The zero-order chi connectivity index (χ0) is 8.72. The molecule has 7 heteroatoms. The lowest BCUT2D eigenvalue weighted by Gasteiger charge is -2.01. The highest BCUT2D eigenvalue weighted by molar-refractivity contribution is 6.32. The lowest BCUT2D eigenvalue weighted by Crippen LogP contribution is -2.03. The van der Waals surface area contributed by atoms with E-state index in [4.69, 9.17) is 23.1 Å². The molecule has 0 saturated heterocycles. The molecule has 0 aromatic carbocycles. The number of hydrogen-bond donors (Lipinski definition) is 2. The van der Waals surface area contributed by atoms with E-state index in [2.05, 4.69) is 15.3 Å². The fourth-order valence-electron chi connectivity index (χ4n) is 0.860. The van der Waals surface area contributed by atoms with Crippen LogP contribution in [-0.2, 0) is 0 Å². The average molecular weight is 185 g/mol. The Morgan fingerprint density at radius 3 is 2.83 bits per heavy atom. The highest BCUT2D eigenvalue weighted by atomic mass is 35.5. The second-order valence-corrected chi connectivity index (χ2v) is 2.58. The van der Waals surface area contributed by atoms with Gasteiger partial charge in [0.2, 0.25) is 5.65 Å². The normalized spacial score (nSPS) is 10.8. The van der Waals surface area contributed by atoms with Crippen LogP contribution in [-0.4, -0.2) is 19.8 Å². The maximum absolute atomic E-state index is 5.66. The summed E-state index contributed by atoms with van der Waals surface area (Å²) in [6.07, 6.45) is 1.40. The van der Waals surface area contributed by atoms with Gasteiger partial charge in [0.05, 0.1) is 5.69 Å². The molecule has 12 heavy (non-hydrogen) atoms. The summed E-state index contributed by atoms with van der Waals surface area (Å²) in [6, 6.07) is 0. The van der Waals surface area contributed by atoms with E-state index in [0.717, 1.165) is 0 Å². The Kier molecular flexibility index (Phi) is 1.31. The zero-order valence-electron chi connectivity index (χ0n) is 5.90. The van der Waals surface area contributed by atoms with Crippen molar-refractivity contribution in [3.05, 3.63) is 11.5 Å². The van der Waals surface area contributed by atoms with E-state index in [1.54, 1.807) is 0 Å². The summed E-state index contributed by atoms with van der Waals surface area (Å²) in [6.45, 7) is 0. The SMILES string of the molecule is Nc1c(Cl)nn2cnnc2c1N. The molecule has 2 heterocycles. The first-order valence-electron chi connectivity index (χ1n) is 3.10. The molecule has 0 aliphatic rings. The topological polar surface area (TPSA) is 95.1 Å². The summed E-state index contributed by atoms with van der Waals surface area (Å²) < 4.78 is 1.37. The van der Waals surface area contributed by atoms with Crippen LogP contribution in [0.4, 0.5) is 11.4 Å². The largest absolute Gasteiger partial charge is 0.394 e. The number of hydrogen-bond acceptors (Lipinski definition) is 5. The lowest BCUT2D eigenvalue weighted by atomic mass is 10.4. The molecule has 0 bridgehead atoms. The van der Waals surface area contributed by atoms with E-state index in [-0.39, 0.29) is 10.8 Å². The Bertz CT molecular complexity index is 435. The van der Waals surface area contributed by atoms with E-state index in [1.807, 2.05) is 0 Å². The van der Waals surface area contributed by atoms with Gasteiger partial charge in [0.1, 0.15) is 12.0 Å². The Balaban J connectivity index is 2.94. The molecule has 0 atom stereocenters. The van der Waals surface area contributed by atoms with Crippen LogP contribution in [0.3, 0.4) is 0 Å². The van der Waals surface area contributed by atoms with E-state index in [0.29, 0.717) is 11.3 Å². The molecule has 2 aromatic rings. The van der Waals surface area contributed by atoms with Crippen molar-refractivity contribution in [2.45, 2.75) is 0 Å². The van der Waals surface area contributed by atoms with Crippen LogP contribution < -0.4 is 11.5 Å². The Morgan fingerprint density at radius 1 is 1.33 bits per heavy atom. The predicted molar refractivity (Wildman–Crippen MR) is 44.6 cm³/mol. The maximum Gasteiger partial charge on any atom is 0.202 e. The number of nitrogens with zero attached hydrogens (tertiary/aromatic N) is 4. The van der Waals surface area contributed by atoms with Gasteiger partial charge in [0, 0.05) is 0 Å². The molecule has 4 N–H and O–H groups in total. The summed E-state index contributed by atoms with van der Waals surface area (Å²) in [4.78, 5) is 0. The van der Waals surface area contributed by atoms with Crippen molar-refractivity contribution < 1.29 is 0 Å². The first-order chi connectivity index (χ1) is 5.70. The summed E-state index contributed by atoms with van der Waals surface area (Å²) in [5.74, 6) is 0. The minimum Gasteiger partial charge on any atom is -0.394 e. The van der Waals surface area contributed by atoms with Crippen LogP contribution >= 0.6 is 11.6 Å². The number of rotatable bonds is 0. The number of nitrogen functional groups attached to an aromatic ring is 2. The van der Waals surface area contributed by atoms with Gasteiger partial charge in [-0.1, -0.05) is 11.6 Å². The van der Waals surface area contributed by atoms with Gasteiger partial charge in [-0.2, -0.15) is 9.61 Å². The molecule has 0 unspecified atom stereocenters. The van der Waals surface area contributed by atoms with Crippen LogP contribution in [0.2, 0.25) is 5.15 Å². The Hall–Kier alpha value is -1.56. The third kappa shape index (κ3) is 0.782. The third-order valence-electron chi connectivity index (χ3n) is 1.48. The molecule has 0 saturated carbocycles. The minimum absolute atomic E-state index is 0.153. The van der Waals surface area contributed by atoms with Crippen LogP contribution in [0.15, 0.2) is 6.33 Å². The van der Waals surface area contributed by atoms with Crippen LogP contribution in [0.25, 0.3) is 5.65 Å². The number of anilines is 2. The molecule has 6 nitrogen and oxygen atoms in total. The highest BCUT2D eigenvalue weighted by Gasteiger charge is 2.09. The minimum atomic E-state index is 0.153. The first-order valence-corrected chi connectivity index (χ1v) is 3.48. The van der Waals surface area contributed by atoms with Crippen molar-refractivity contribution in [3.8, 4) is 0 Å². The standard InChI is InChI=1S/C5H5ClN6/c6-4-2(7)3(8)5-10-9-1-12(5)11-4/h1H,7-8H2. The second kappa shape index (κ2) is 2.21. The van der Waals surface area contributed by atoms with Gasteiger partial charge in [-0.25, -0.2) is 0 Å². The van der Waals surface area contributed by atoms with E-state index >= 15 is 0 Å². The number of nitrogens with two attached hydrogens (primary N) is 2. The summed E-state index contributed by atoms with van der Waals surface area (Å²) in [5, 5.41) is 11.3. The van der Waals surface area contributed by atoms with Crippen LogP contribution in [0.1, 0.15) is 0 Å². The molecular formula is C5H5ClN6. The van der Waals surface area contributed by atoms with Crippen molar-refractivity contribution in [3.63, 3.8) is 0 Å². The third-order valence-corrected chi connectivity index (χ3v) is 1.76. The van der Waals surface area contributed by atoms with Crippen molar-refractivity contribution in [2.24, 2.45) is 0 Å². The van der Waals surface area contributed by atoms with Crippen LogP contribution in [0.5, 0.6) is 0 Å². The first kappa shape index (κ1) is 7.11. The Labute approximate surface area is 72.1 Å². The van der Waals surface area contributed by atoms with Crippen molar-refractivity contribution in [2.75, 3.05) is 11.5 Å². The molecule has 0 fully saturated rings. The summed E-state index contributed by atoms with van der Waals surface area (Å²) >= 11 is 5.66. The van der Waals surface area contributed by atoms with Crippen molar-refractivity contribution in [1.29, 1.82) is 0 Å². The van der Waals surface area contributed by atoms with Gasteiger partial charge in [0.15, 0.2) is 5.15 Å². The van der Waals surface area contributed by atoms with Crippen molar-refractivity contribution >= 4 is 28.6 Å². The zero-order valence-corrected chi connectivity index (χ0v) is 6.65. The predicted octanol–water partition coefficient (Wildman–Crippen LogP) is -0.0579. The molecule has 0 aliphatic heterocycles. The fourth-order valence-corrected chi connectivity index (χ4v) is 1.04. The molecular weight excluding hydrogens is 180 g/mol. The van der Waals surface area contributed by atoms with Crippen LogP contribution in [0, 0.1) is 0 Å². The summed E-state index contributed by atoms with van der Waals surface area (Å²) in [5.41, 5.74) is 12.0. The second-order valence-electron chi connectivity index (χ2n) is 2.22. The average Bonchev–Trinajstić information content (AvgIpc) is 2.48. The highest BCUT2D eigenvalue weighted by Crippen LogP contribution is 2.24. The number of halogens is 1. The van der Waals surface area contributed by atoms with E-state index in [9.17, 15) is 0 Å².